The van der Waals surface area contributed by atoms with E-state index < -0.39 is 11.6 Å². The molecule has 14 heavy (non-hydrogen) atoms. The number of carbonyl (C=O) groups is 1. The molecule has 0 bridgehead atoms. The Morgan fingerprint density at radius 3 is 2.64 bits per heavy atom. The van der Waals surface area contributed by atoms with E-state index in [0.717, 1.165) is 0 Å². The van der Waals surface area contributed by atoms with Crippen LogP contribution in [0.25, 0.3) is 0 Å². The highest BCUT2D eigenvalue weighted by Crippen LogP contribution is 2.37. The molecular formula is C9H8BrFO3. The van der Waals surface area contributed by atoms with Gasteiger partial charge in [0.05, 0.1) is 17.1 Å². The molecule has 1 aromatic rings. The van der Waals surface area contributed by atoms with E-state index in [1.54, 1.807) is 0 Å². The van der Waals surface area contributed by atoms with Crippen LogP contribution in [-0.2, 0) is 0 Å². The fourth-order valence-electron chi connectivity index (χ4n) is 1.05. The summed E-state index contributed by atoms with van der Waals surface area (Å²) in [5, 5.41) is 9.46. The highest BCUT2D eigenvalue weighted by molar-refractivity contribution is 9.10. The van der Waals surface area contributed by atoms with E-state index in [0.29, 0.717) is 0 Å². The molecule has 0 amide bonds. The number of carbonyl (C=O) groups excluding carboxylic acids is 1. The number of phenolic OH excluding ortho intramolecular Hbond substituents is 1. The van der Waals surface area contributed by atoms with E-state index in [1.165, 1.54) is 20.1 Å². The van der Waals surface area contributed by atoms with Crippen molar-refractivity contribution in [3.8, 4) is 11.5 Å². The third-order valence-electron chi connectivity index (χ3n) is 1.73. The van der Waals surface area contributed by atoms with Crippen LogP contribution >= 0.6 is 15.9 Å². The Morgan fingerprint density at radius 2 is 2.21 bits per heavy atom. The van der Waals surface area contributed by atoms with Gasteiger partial charge in [-0.1, -0.05) is 0 Å². The van der Waals surface area contributed by atoms with Gasteiger partial charge < -0.3 is 9.84 Å². The van der Waals surface area contributed by atoms with Crippen LogP contribution in [0.2, 0.25) is 0 Å². The average molecular weight is 263 g/mol. The Kier molecular flexibility index (Phi) is 3.10. The standard InChI is InChI=1S/C9H8BrFO3/c1-4(12)5-3-6(10)7(11)9(14-2)8(5)13/h3,13H,1-2H3. The Bertz CT molecular complexity index is 390. The number of aromatic hydroxyl groups is 1. The van der Waals surface area contributed by atoms with Gasteiger partial charge in [0.25, 0.3) is 0 Å². The Balaban J connectivity index is 3.50. The summed E-state index contributed by atoms with van der Waals surface area (Å²) in [7, 11) is 1.22. The second-order valence-corrected chi connectivity index (χ2v) is 3.51. The highest BCUT2D eigenvalue weighted by atomic mass is 79.9. The number of ether oxygens (including phenoxy) is 1. The molecule has 0 atom stereocenters. The third kappa shape index (κ3) is 1.72. The summed E-state index contributed by atoms with van der Waals surface area (Å²) >= 11 is 2.92. The molecule has 0 aromatic heterocycles. The molecule has 3 nitrogen and oxygen atoms in total. The predicted molar refractivity (Wildman–Crippen MR) is 52.3 cm³/mol. The minimum atomic E-state index is -0.727. The molecule has 76 valence electrons. The molecular weight excluding hydrogens is 255 g/mol. The second kappa shape index (κ2) is 3.96. The van der Waals surface area contributed by atoms with E-state index in [4.69, 9.17) is 0 Å². The lowest BCUT2D eigenvalue weighted by atomic mass is 10.1. The van der Waals surface area contributed by atoms with Crippen LogP contribution in [0.1, 0.15) is 17.3 Å². The van der Waals surface area contributed by atoms with Crippen molar-refractivity contribution in [2.45, 2.75) is 6.92 Å². The van der Waals surface area contributed by atoms with E-state index >= 15 is 0 Å². The number of methoxy groups -OCH3 is 1. The molecule has 0 fully saturated rings. The van der Waals surface area contributed by atoms with Crippen molar-refractivity contribution in [3.05, 3.63) is 21.9 Å². The van der Waals surface area contributed by atoms with Gasteiger partial charge in [0, 0.05) is 0 Å². The molecule has 0 aliphatic rings. The molecule has 0 saturated carbocycles. The maximum atomic E-state index is 13.3. The molecule has 0 aliphatic carbocycles. The van der Waals surface area contributed by atoms with Crippen LogP contribution in [0.15, 0.2) is 10.5 Å². The molecule has 0 radical (unpaired) electrons. The number of benzene rings is 1. The lowest BCUT2D eigenvalue weighted by Crippen LogP contribution is -1.98. The number of Topliss-reactive ketones (excluding diaryl/α,β-unsaturated/α-hetero) is 1. The lowest BCUT2D eigenvalue weighted by molar-refractivity contribution is 0.101. The van der Waals surface area contributed by atoms with E-state index in [9.17, 15) is 14.3 Å². The number of phenols is 1. The molecule has 0 heterocycles. The Labute approximate surface area is 88.6 Å². The van der Waals surface area contributed by atoms with Gasteiger partial charge in [-0.15, -0.1) is 0 Å². The molecule has 1 N–H and O–H groups in total. The van der Waals surface area contributed by atoms with Crippen LogP contribution in [0.5, 0.6) is 11.5 Å². The smallest absolute Gasteiger partial charge is 0.198 e. The number of rotatable bonds is 2. The van der Waals surface area contributed by atoms with Crippen LogP contribution in [0, 0.1) is 5.82 Å². The Morgan fingerprint density at radius 1 is 1.64 bits per heavy atom. The van der Waals surface area contributed by atoms with E-state index in [1.807, 2.05) is 0 Å². The van der Waals surface area contributed by atoms with Crippen molar-refractivity contribution >= 4 is 21.7 Å². The minimum Gasteiger partial charge on any atom is -0.504 e. The van der Waals surface area contributed by atoms with Crippen molar-refractivity contribution < 1.29 is 19.0 Å². The van der Waals surface area contributed by atoms with E-state index in [-0.39, 0.29) is 21.6 Å². The average Bonchev–Trinajstić information content (AvgIpc) is 2.12. The first-order valence-corrected chi connectivity index (χ1v) is 4.54. The molecule has 0 saturated heterocycles. The first-order valence-electron chi connectivity index (χ1n) is 3.75. The van der Waals surface area contributed by atoms with Crippen molar-refractivity contribution in [3.63, 3.8) is 0 Å². The quantitative estimate of drug-likeness (QED) is 0.834. The highest BCUT2D eigenvalue weighted by Gasteiger charge is 2.19. The second-order valence-electron chi connectivity index (χ2n) is 2.66. The van der Waals surface area contributed by atoms with Crippen LogP contribution < -0.4 is 4.74 Å². The van der Waals surface area contributed by atoms with Gasteiger partial charge in [0.15, 0.2) is 23.1 Å². The summed E-state index contributed by atoms with van der Waals surface area (Å²) in [6.07, 6.45) is 0. The minimum absolute atomic E-state index is 0.0233. The number of hydrogen-bond acceptors (Lipinski definition) is 3. The molecule has 0 unspecified atom stereocenters. The van der Waals surface area contributed by atoms with Gasteiger partial charge in [0.2, 0.25) is 0 Å². The maximum absolute atomic E-state index is 13.3. The van der Waals surface area contributed by atoms with Crippen LogP contribution in [0.3, 0.4) is 0 Å². The van der Waals surface area contributed by atoms with E-state index in [2.05, 4.69) is 20.7 Å². The summed E-state index contributed by atoms with van der Waals surface area (Å²) < 4.78 is 18.0. The maximum Gasteiger partial charge on any atom is 0.198 e. The zero-order valence-corrected chi connectivity index (χ0v) is 9.18. The monoisotopic (exact) mass is 262 g/mol. The molecule has 0 aliphatic heterocycles. The van der Waals surface area contributed by atoms with Gasteiger partial charge >= 0.3 is 0 Å². The van der Waals surface area contributed by atoms with Crippen molar-refractivity contribution in [1.29, 1.82) is 0 Å². The fourth-order valence-corrected chi connectivity index (χ4v) is 1.46. The van der Waals surface area contributed by atoms with Crippen molar-refractivity contribution in [2.24, 2.45) is 0 Å². The first kappa shape index (κ1) is 11.0. The van der Waals surface area contributed by atoms with Crippen molar-refractivity contribution in [2.75, 3.05) is 7.11 Å². The van der Waals surface area contributed by atoms with Gasteiger partial charge in [-0.3, -0.25) is 4.79 Å². The summed E-state index contributed by atoms with van der Waals surface area (Å²) in [5.74, 6) is -1.89. The first-order chi connectivity index (χ1) is 6.49. The molecule has 0 spiro atoms. The summed E-state index contributed by atoms with van der Waals surface area (Å²) in [4.78, 5) is 11.0. The van der Waals surface area contributed by atoms with Gasteiger partial charge in [-0.05, 0) is 28.9 Å². The summed E-state index contributed by atoms with van der Waals surface area (Å²) in [5.41, 5.74) is 0.0233. The molecule has 5 heteroatoms. The van der Waals surface area contributed by atoms with Gasteiger partial charge in [-0.2, -0.15) is 0 Å². The van der Waals surface area contributed by atoms with Crippen molar-refractivity contribution in [1.82, 2.24) is 0 Å². The fraction of sp³-hybridized carbons (Fsp3) is 0.222. The number of hydrogen-bond donors (Lipinski definition) is 1. The van der Waals surface area contributed by atoms with Gasteiger partial charge in [0.1, 0.15) is 0 Å². The topological polar surface area (TPSA) is 46.5 Å². The zero-order chi connectivity index (χ0) is 10.9. The normalized spacial score (nSPS) is 10.0. The lowest BCUT2D eigenvalue weighted by Gasteiger charge is -2.09. The number of ketones is 1. The Hall–Kier alpha value is -1.10. The third-order valence-corrected chi connectivity index (χ3v) is 2.31. The van der Waals surface area contributed by atoms with Crippen LogP contribution in [0.4, 0.5) is 4.39 Å². The SMILES string of the molecule is COc1c(O)c(C(C)=O)cc(Br)c1F. The van der Waals surface area contributed by atoms with Gasteiger partial charge in [-0.25, -0.2) is 4.39 Å². The zero-order valence-electron chi connectivity index (χ0n) is 7.60. The predicted octanol–water partition coefficient (Wildman–Crippen LogP) is 2.51. The molecule has 1 aromatic carbocycles. The number of halogens is 2. The largest absolute Gasteiger partial charge is 0.504 e. The van der Waals surface area contributed by atoms with Crippen LogP contribution in [-0.4, -0.2) is 18.0 Å². The summed E-state index contributed by atoms with van der Waals surface area (Å²) in [6.45, 7) is 1.28. The summed E-state index contributed by atoms with van der Waals surface area (Å²) in [6, 6.07) is 1.22. The molecule has 1 rings (SSSR count).